The minimum absolute atomic E-state index is 0.0557. The third-order valence-electron chi connectivity index (χ3n) is 8.20. The van der Waals surface area contributed by atoms with Crippen LogP contribution in [0.25, 0.3) is 11.3 Å². The van der Waals surface area contributed by atoms with Gasteiger partial charge in [-0.05, 0) is 70.6 Å². The monoisotopic (exact) mass is 538 g/mol. The van der Waals surface area contributed by atoms with E-state index in [0.717, 1.165) is 68.3 Å². The summed E-state index contributed by atoms with van der Waals surface area (Å²) < 4.78 is 11.3. The zero-order valence-electron chi connectivity index (χ0n) is 22.5. The maximum Gasteiger partial charge on any atom is 0.126 e. The minimum Gasteiger partial charge on any atom is -0.381 e. The molecule has 0 spiro atoms. The van der Waals surface area contributed by atoms with Crippen LogP contribution in [-0.2, 0) is 9.47 Å². The fraction of sp³-hybridized carbons (Fsp3) is 0.621. The van der Waals surface area contributed by atoms with E-state index < -0.39 is 5.41 Å². The number of hydrogen-bond donors (Lipinski definition) is 2. The van der Waals surface area contributed by atoms with Gasteiger partial charge < -0.3 is 20.1 Å². The van der Waals surface area contributed by atoms with Crippen LogP contribution < -0.4 is 10.6 Å². The molecule has 2 aromatic rings. The molecule has 0 amide bonds. The molecule has 0 aromatic carbocycles. The average Bonchev–Trinajstić information content (AvgIpc) is 2.93. The second-order valence-corrected chi connectivity index (χ2v) is 12.0. The van der Waals surface area contributed by atoms with E-state index in [1.54, 1.807) is 6.20 Å². The summed E-state index contributed by atoms with van der Waals surface area (Å²) in [5, 5.41) is 17.3. The van der Waals surface area contributed by atoms with Gasteiger partial charge >= 0.3 is 0 Å². The largest absolute Gasteiger partial charge is 0.381 e. The topological polar surface area (TPSA) is 95.3 Å². The number of rotatable bonds is 7. The number of halogens is 1. The van der Waals surface area contributed by atoms with Gasteiger partial charge in [0.1, 0.15) is 11.6 Å². The van der Waals surface area contributed by atoms with Crippen LogP contribution in [-0.4, -0.2) is 72.0 Å². The zero-order chi connectivity index (χ0) is 26.6. The van der Waals surface area contributed by atoms with E-state index in [9.17, 15) is 5.26 Å². The number of anilines is 2. The van der Waals surface area contributed by atoms with Gasteiger partial charge in [-0.25, -0.2) is 9.97 Å². The second kappa shape index (κ2) is 11.7. The fourth-order valence-corrected chi connectivity index (χ4v) is 6.11. The van der Waals surface area contributed by atoms with Crippen molar-refractivity contribution in [2.45, 2.75) is 70.1 Å². The molecular weight excluding hydrogens is 500 g/mol. The number of nitrogens with one attached hydrogen (secondary N) is 2. The van der Waals surface area contributed by atoms with Gasteiger partial charge in [0.2, 0.25) is 0 Å². The Hall–Kier alpha value is -2.44. The van der Waals surface area contributed by atoms with Crippen molar-refractivity contribution in [1.82, 2.24) is 14.9 Å². The van der Waals surface area contributed by atoms with E-state index in [-0.39, 0.29) is 5.60 Å². The molecule has 2 N–H and O–H groups in total. The first-order valence-corrected chi connectivity index (χ1v) is 14.2. The Labute approximate surface area is 231 Å². The van der Waals surface area contributed by atoms with Crippen molar-refractivity contribution >= 4 is 23.2 Å². The number of nitrogens with zero attached hydrogens (tertiary/aromatic N) is 4. The second-order valence-electron chi connectivity index (χ2n) is 11.5. The first-order chi connectivity index (χ1) is 18.3. The molecule has 2 saturated heterocycles. The highest BCUT2D eigenvalue weighted by Crippen LogP contribution is 2.33. The van der Waals surface area contributed by atoms with E-state index in [1.807, 2.05) is 24.3 Å². The van der Waals surface area contributed by atoms with Crippen molar-refractivity contribution < 1.29 is 9.47 Å². The van der Waals surface area contributed by atoms with Crippen molar-refractivity contribution in [1.29, 1.82) is 5.26 Å². The number of hydrogen-bond acceptors (Lipinski definition) is 8. The van der Waals surface area contributed by atoms with Gasteiger partial charge in [-0.2, -0.15) is 5.26 Å². The van der Waals surface area contributed by atoms with Gasteiger partial charge in [0.15, 0.2) is 0 Å². The van der Waals surface area contributed by atoms with Gasteiger partial charge in [-0.15, -0.1) is 0 Å². The standard InChI is InChI=1S/C29H39ClN6O2/c1-28(2)20-36(12-15-38-28)22-8-6-21(7-9-22)34-27-16-23(24(30)17-32-27)25-4-3-5-26(35-25)33-19-29(18-31)10-13-37-14-11-29/h3-5,16-17,21-22H,6-15,19-20H2,1-2H3,(H,32,34)(H,33,35)/t21-,22-. The van der Waals surface area contributed by atoms with Crippen LogP contribution in [0.2, 0.25) is 5.02 Å². The lowest BCUT2D eigenvalue weighted by Gasteiger charge is -2.44. The third-order valence-corrected chi connectivity index (χ3v) is 8.50. The summed E-state index contributed by atoms with van der Waals surface area (Å²) in [5.74, 6) is 1.56. The average molecular weight is 539 g/mol. The minimum atomic E-state index is -0.418. The van der Waals surface area contributed by atoms with Gasteiger partial charge in [0.25, 0.3) is 0 Å². The van der Waals surface area contributed by atoms with Crippen molar-refractivity contribution in [3.05, 3.63) is 35.5 Å². The molecule has 0 radical (unpaired) electrons. The molecule has 0 bridgehead atoms. The van der Waals surface area contributed by atoms with E-state index in [1.165, 1.54) is 12.8 Å². The van der Waals surface area contributed by atoms with Gasteiger partial charge in [-0.1, -0.05) is 17.7 Å². The summed E-state index contributed by atoms with van der Waals surface area (Å²) in [5.41, 5.74) is 1.15. The van der Waals surface area contributed by atoms with Gasteiger partial charge in [0.05, 0.1) is 34.4 Å². The Morgan fingerprint density at radius 1 is 1.13 bits per heavy atom. The molecule has 3 fully saturated rings. The highest BCUT2D eigenvalue weighted by atomic mass is 35.5. The molecule has 0 unspecified atom stereocenters. The first kappa shape index (κ1) is 27.1. The summed E-state index contributed by atoms with van der Waals surface area (Å²) in [7, 11) is 0. The number of nitriles is 1. The molecule has 2 aromatic heterocycles. The Balaban J connectivity index is 1.20. The Kier molecular flexibility index (Phi) is 8.39. The van der Waals surface area contributed by atoms with E-state index in [4.69, 9.17) is 26.1 Å². The normalized spacial score (nSPS) is 25.3. The molecule has 9 heteroatoms. The quantitative estimate of drug-likeness (QED) is 0.486. The van der Waals surface area contributed by atoms with Crippen molar-refractivity contribution in [3.63, 3.8) is 0 Å². The smallest absolute Gasteiger partial charge is 0.126 e. The maximum atomic E-state index is 9.75. The highest BCUT2D eigenvalue weighted by molar-refractivity contribution is 6.33. The SMILES string of the molecule is CC1(C)CN([C@H]2CC[C@H](Nc3cc(-c4cccc(NCC5(C#N)CCOCC5)n4)c(Cl)cn3)CC2)CCO1. The van der Waals surface area contributed by atoms with Crippen LogP contribution in [0.3, 0.4) is 0 Å². The summed E-state index contributed by atoms with van der Waals surface area (Å²) in [4.78, 5) is 12.0. The molecule has 5 rings (SSSR count). The molecule has 8 nitrogen and oxygen atoms in total. The van der Waals surface area contributed by atoms with Crippen LogP contribution in [0.15, 0.2) is 30.5 Å². The Morgan fingerprint density at radius 2 is 1.92 bits per heavy atom. The molecular formula is C29H39ClN6O2. The fourth-order valence-electron chi connectivity index (χ4n) is 5.91. The molecule has 2 aliphatic heterocycles. The maximum absolute atomic E-state index is 9.75. The lowest BCUT2D eigenvalue weighted by molar-refractivity contribution is -0.100. The lowest BCUT2D eigenvalue weighted by Crippen LogP contribution is -2.53. The molecule has 0 atom stereocenters. The highest BCUT2D eigenvalue weighted by Gasteiger charge is 2.34. The van der Waals surface area contributed by atoms with Crippen LogP contribution >= 0.6 is 11.6 Å². The molecule has 38 heavy (non-hydrogen) atoms. The molecule has 4 heterocycles. The van der Waals surface area contributed by atoms with Gasteiger partial charge in [0, 0.05) is 56.7 Å². The summed E-state index contributed by atoms with van der Waals surface area (Å²) >= 11 is 6.57. The predicted octanol–water partition coefficient (Wildman–Crippen LogP) is 5.36. The van der Waals surface area contributed by atoms with Crippen LogP contribution in [0.5, 0.6) is 0 Å². The van der Waals surface area contributed by atoms with Crippen molar-refractivity contribution in [3.8, 4) is 17.3 Å². The summed E-state index contributed by atoms with van der Waals surface area (Å²) in [6, 6.07) is 11.4. The Bertz CT molecular complexity index is 1140. The van der Waals surface area contributed by atoms with Crippen LogP contribution in [0.4, 0.5) is 11.6 Å². The molecule has 1 aliphatic carbocycles. The van der Waals surface area contributed by atoms with E-state index >= 15 is 0 Å². The number of morpholine rings is 1. The summed E-state index contributed by atoms with van der Waals surface area (Å²) in [6.45, 7) is 9.02. The lowest BCUT2D eigenvalue weighted by atomic mass is 9.82. The molecule has 3 aliphatic rings. The Morgan fingerprint density at radius 3 is 2.66 bits per heavy atom. The van der Waals surface area contributed by atoms with Gasteiger partial charge in [-0.3, -0.25) is 4.90 Å². The predicted molar refractivity (Wildman–Crippen MR) is 150 cm³/mol. The van der Waals surface area contributed by atoms with Crippen LogP contribution in [0.1, 0.15) is 52.4 Å². The summed E-state index contributed by atoms with van der Waals surface area (Å²) in [6.07, 6.45) is 7.76. The first-order valence-electron chi connectivity index (χ1n) is 13.9. The molecule has 204 valence electrons. The number of ether oxygens (including phenoxy) is 2. The third kappa shape index (κ3) is 6.58. The number of pyridine rings is 2. The zero-order valence-corrected chi connectivity index (χ0v) is 23.3. The van der Waals surface area contributed by atoms with E-state index in [0.29, 0.717) is 36.9 Å². The van der Waals surface area contributed by atoms with E-state index in [2.05, 4.69) is 40.4 Å². The van der Waals surface area contributed by atoms with Crippen molar-refractivity contribution in [2.24, 2.45) is 5.41 Å². The number of aromatic nitrogens is 2. The van der Waals surface area contributed by atoms with Crippen molar-refractivity contribution in [2.75, 3.05) is 50.1 Å². The van der Waals surface area contributed by atoms with Crippen LogP contribution in [0, 0.1) is 16.7 Å². The molecule has 1 saturated carbocycles.